The highest BCUT2D eigenvalue weighted by molar-refractivity contribution is 6.09. The summed E-state index contributed by atoms with van der Waals surface area (Å²) in [6.07, 6.45) is 0.910. The van der Waals surface area contributed by atoms with E-state index in [1.165, 1.54) is 0 Å². The fourth-order valence-electron chi connectivity index (χ4n) is 2.85. The van der Waals surface area contributed by atoms with Gasteiger partial charge in [-0.15, -0.1) is 0 Å². The van der Waals surface area contributed by atoms with E-state index < -0.39 is 0 Å². The van der Waals surface area contributed by atoms with Gasteiger partial charge in [0, 0.05) is 17.5 Å². The van der Waals surface area contributed by atoms with Crippen LogP contribution in [0.3, 0.4) is 0 Å². The molecule has 0 saturated carbocycles. The number of hydrogen-bond acceptors (Lipinski definition) is 5. The Morgan fingerprint density at radius 1 is 1.00 bits per heavy atom. The Morgan fingerprint density at radius 2 is 1.68 bits per heavy atom. The number of nitrogens with two attached hydrogens (primary N) is 4. The Labute approximate surface area is 146 Å². The highest BCUT2D eigenvalue weighted by atomic mass is 15.2. The lowest BCUT2D eigenvalue weighted by molar-refractivity contribution is 0.991. The van der Waals surface area contributed by atoms with Crippen LogP contribution in [-0.2, 0) is 6.42 Å². The lowest BCUT2D eigenvalue weighted by atomic mass is 9.87. The molecule has 0 amide bonds. The molecule has 2 rings (SSSR count). The van der Waals surface area contributed by atoms with Crippen LogP contribution in [0.2, 0.25) is 0 Å². The fraction of sp³-hybridized carbons (Fsp3) is 0.167. The number of nitriles is 1. The van der Waals surface area contributed by atoms with Gasteiger partial charge in [0.15, 0.2) is 11.7 Å². The Hall–Kier alpha value is -3.53. The second kappa shape index (κ2) is 7.84. The summed E-state index contributed by atoms with van der Waals surface area (Å²) < 4.78 is 0. The van der Waals surface area contributed by atoms with Gasteiger partial charge in [-0.2, -0.15) is 15.5 Å². The van der Waals surface area contributed by atoms with Crippen LogP contribution in [0.25, 0.3) is 11.1 Å². The molecule has 0 heterocycles. The summed E-state index contributed by atoms with van der Waals surface area (Å²) in [6, 6.07) is 13.5. The zero-order valence-corrected chi connectivity index (χ0v) is 14.0. The molecule has 2 aromatic rings. The van der Waals surface area contributed by atoms with Gasteiger partial charge in [0.25, 0.3) is 0 Å². The van der Waals surface area contributed by atoms with Crippen molar-refractivity contribution in [2.75, 3.05) is 0 Å². The maximum Gasteiger partial charge on any atom is 0.151 e. The van der Waals surface area contributed by atoms with Crippen molar-refractivity contribution in [3.63, 3.8) is 0 Å². The van der Waals surface area contributed by atoms with Crippen LogP contribution in [-0.4, -0.2) is 11.7 Å². The van der Waals surface area contributed by atoms with Gasteiger partial charge in [0.1, 0.15) is 0 Å². The van der Waals surface area contributed by atoms with E-state index in [0.717, 1.165) is 22.3 Å². The van der Waals surface area contributed by atoms with Gasteiger partial charge in [0.2, 0.25) is 0 Å². The van der Waals surface area contributed by atoms with E-state index in [-0.39, 0.29) is 11.7 Å². The molecule has 0 saturated heterocycles. The van der Waals surface area contributed by atoms with Crippen LogP contribution in [0, 0.1) is 18.3 Å². The van der Waals surface area contributed by atoms with E-state index in [1.54, 1.807) is 0 Å². The smallest absolute Gasteiger partial charge is 0.151 e. The molecule has 8 N–H and O–H groups in total. The number of hydrogen-bond donors (Lipinski definition) is 4. The molecule has 0 aliphatic rings. The van der Waals surface area contributed by atoms with Crippen molar-refractivity contribution in [2.24, 2.45) is 33.4 Å². The molecule has 2 aromatic carbocycles. The van der Waals surface area contributed by atoms with E-state index in [0.29, 0.717) is 24.0 Å². The molecule has 0 aliphatic carbocycles. The van der Waals surface area contributed by atoms with Crippen molar-refractivity contribution >= 4 is 11.7 Å². The van der Waals surface area contributed by atoms with Gasteiger partial charge >= 0.3 is 0 Å². The van der Waals surface area contributed by atoms with Gasteiger partial charge in [-0.1, -0.05) is 36.4 Å². The third kappa shape index (κ3) is 3.53. The first kappa shape index (κ1) is 17.8. The molecule has 0 spiro atoms. The largest absolute Gasteiger partial charge is 0.382 e. The summed E-state index contributed by atoms with van der Waals surface area (Å²) >= 11 is 0. The summed E-state index contributed by atoms with van der Waals surface area (Å²) in [5.41, 5.74) is 17.0. The molecule has 0 aliphatic heterocycles. The van der Waals surface area contributed by atoms with Crippen LogP contribution in [0.15, 0.2) is 46.6 Å². The molecule has 0 bridgehead atoms. The van der Waals surface area contributed by atoms with E-state index >= 15 is 0 Å². The molecule has 0 fully saturated rings. The first-order valence-electron chi connectivity index (χ1n) is 7.71. The van der Waals surface area contributed by atoms with Crippen molar-refractivity contribution in [1.82, 2.24) is 0 Å². The summed E-state index contributed by atoms with van der Waals surface area (Å²) in [5.74, 6) is 11.2. The minimum Gasteiger partial charge on any atom is -0.382 e. The van der Waals surface area contributed by atoms with E-state index in [9.17, 15) is 0 Å². The third-order valence-corrected chi connectivity index (χ3v) is 4.06. The van der Waals surface area contributed by atoms with Crippen LogP contribution < -0.4 is 23.2 Å². The van der Waals surface area contributed by atoms with Crippen LogP contribution in [0.1, 0.15) is 28.7 Å². The first-order chi connectivity index (χ1) is 12.0. The van der Waals surface area contributed by atoms with Gasteiger partial charge in [-0.3, -0.25) is 0 Å². The summed E-state index contributed by atoms with van der Waals surface area (Å²) in [7, 11) is 0. The Balaban J connectivity index is 2.82. The van der Waals surface area contributed by atoms with Crippen molar-refractivity contribution in [1.29, 1.82) is 5.26 Å². The third-order valence-electron chi connectivity index (χ3n) is 4.06. The van der Waals surface area contributed by atoms with E-state index in [2.05, 4.69) is 16.3 Å². The van der Waals surface area contributed by atoms with Crippen LogP contribution in [0.4, 0.5) is 0 Å². The maximum absolute atomic E-state index is 8.96. The summed E-state index contributed by atoms with van der Waals surface area (Å²) in [5, 5.41) is 16.2. The predicted octanol–water partition coefficient (Wildman–Crippen LogP) is 1.28. The van der Waals surface area contributed by atoms with Gasteiger partial charge in [-0.25, -0.2) is 0 Å². The highest BCUT2D eigenvalue weighted by Crippen LogP contribution is 2.31. The molecule has 7 heteroatoms. The lowest BCUT2D eigenvalue weighted by Crippen LogP contribution is -2.21. The summed E-state index contributed by atoms with van der Waals surface area (Å²) in [4.78, 5) is 0. The van der Waals surface area contributed by atoms with Crippen molar-refractivity contribution in [3.05, 3.63) is 58.7 Å². The maximum atomic E-state index is 8.96. The Bertz CT molecular complexity index is 875. The monoisotopic (exact) mass is 335 g/mol. The van der Waals surface area contributed by atoms with Crippen molar-refractivity contribution in [2.45, 2.75) is 19.8 Å². The van der Waals surface area contributed by atoms with Gasteiger partial charge in [0.05, 0.1) is 6.07 Å². The number of benzene rings is 2. The number of aryl methyl sites for hydroxylation is 1. The van der Waals surface area contributed by atoms with E-state index in [4.69, 9.17) is 28.4 Å². The quantitative estimate of drug-likeness (QED) is 0.280. The number of nitrogens with zero attached hydrogens (tertiary/aromatic N) is 3. The number of rotatable bonds is 5. The van der Waals surface area contributed by atoms with Crippen LogP contribution in [0.5, 0.6) is 0 Å². The standard InChI is InChI=1S/C18H21N7/c1-11-8-9-14(13-5-2-3-6-15(13)17(20)24-22)16(18(21)25-23)12(11)7-4-10-19/h2-3,5-6,8-9H,4,7,22-23H2,1H3,(H2,20,24)(H2,21,25). The predicted molar refractivity (Wildman–Crippen MR) is 100 cm³/mol. The first-order valence-corrected chi connectivity index (χ1v) is 7.71. The highest BCUT2D eigenvalue weighted by Gasteiger charge is 2.18. The molecule has 128 valence electrons. The van der Waals surface area contributed by atoms with Crippen LogP contribution >= 0.6 is 0 Å². The minimum atomic E-state index is 0.199. The molecule has 0 atom stereocenters. The average molecular weight is 335 g/mol. The molecule has 7 nitrogen and oxygen atoms in total. The zero-order chi connectivity index (χ0) is 18.4. The molecule has 0 unspecified atom stereocenters. The molecule has 25 heavy (non-hydrogen) atoms. The molecular formula is C18H21N7. The minimum absolute atomic E-state index is 0.199. The molecule has 0 aromatic heterocycles. The second-order valence-corrected chi connectivity index (χ2v) is 5.52. The second-order valence-electron chi connectivity index (χ2n) is 5.52. The lowest BCUT2D eigenvalue weighted by Gasteiger charge is -2.18. The fourth-order valence-corrected chi connectivity index (χ4v) is 2.85. The van der Waals surface area contributed by atoms with Gasteiger partial charge in [-0.05, 0) is 35.6 Å². The average Bonchev–Trinajstić information content (AvgIpc) is 2.65. The molecule has 0 radical (unpaired) electrons. The van der Waals surface area contributed by atoms with Gasteiger partial charge < -0.3 is 23.2 Å². The number of amidine groups is 2. The topological polar surface area (TPSA) is 153 Å². The SMILES string of the molecule is Cc1ccc(-c2ccccc2C(N)=NN)c(C(N)=NN)c1CCC#N. The summed E-state index contributed by atoms with van der Waals surface area (Å²) in [6.45, 7) is 1.96. The Morgan fingerprint density at radius 3 is 2.32 bits per heavy atom. The molecular weight excluding hydrogens is 314 g/mol. The van der Waals surface area contributed by atoms with Crippen molar-refractivity contribution < 1.29 is 0 Å². The number of hydrazone groups is 2. The zero-order valence-electron chi connectivity index (χ0n) is 14.0. The van der Waals surface area contributed by atoms with Crippen molar-refractivity contribution in [3.8, 4) is 17.2 Å². The van der Waals surface area contributed by atoms with E-state index in [1.807, 2.05) is 43.3 Å². The Kier molecular flexibility index (Phi) is 5.58. The normalized spacial score (nSPS) is 12.0.